The van der Waals surface area contributed by atoms with Crippen LogP contribution in [0.4, 0.5) is 5.13 Å². The fraction of sp³-hybridized carbons (Fsp3) is 0.583. The lowest BCUT2D eigenvalue weighted by Crippen LogP contribution is -2.56. The monoisotopic (exact) mass is 298 g/mol. The van der Waals surface area contributed by atoms with Gasteiger partial charge in [-0.15, -0.1) is 11.3 Å². The summed E-state index contributed by atoms with van der Waals surface area (Å²) in [5.41, 5.74) is 6.18. The van der Waals surface area contributed by atoms with Crippen LogP contribution in [0.2, 0.25) is 0 Å². The zero-order chi connectivity index (χ0) is 14.5. The van der Waals surface area contributed by atoms with Crippen molar-refractivity contribution in [1.82, 2.24) is 15.2 Å². The molecule has 1 aromatic heterocycles. The summed E-state index contributed by atoms with van der Waals surface area (Å²) in [5.74, 6) is -0.312. The highest BCUT2D eigenvalue weighted by molar-refractivity contribution is 7.13. The molecule has 8 heteroatoms. The minimum absolute atomic E-state index is 0.130. The minimum atomic E-state index is -0.563. The van der Waals surface area contributed by atoms with E-state index in [2.05, 4.69) is 10.3 Å². The molecule has 1 aromatic rings. The van der Waals surface area contributed by atoms with Gasteiger partial charge in [-0.3, -0.25) is 9.59 Å². The molecule has 3 N–H and O–H groups in total. The molecule has 2 heterocycles. The summed E-state index contributed by atoms with van der Waals surface area (Å²) in [6, 6.07) is -0.563. The van der Waals surface area contributed by atoms with Gasteiger partial charge in [0.25, 0.3) is 0 Å². The largest absolute Gasteiger partial charge is 0.377 e. The van der Waals surface area contributed by atoms with Crippen LogP contribution >= 0.6 is 11.3 Å². The molecule has 1 fully saturated rings. The molecular formula is C12H18N4O3S. The van der Waals surface area contributed by atoms with Gasteiger partial charge in [-0.1, -0.05) is 0 Å². The molecule has 7 nitrogen and oxygen atoms in total. The number of morpholine rings is 1. The first kappa shape index (κ1) is 14.7. The van der Waals surface area contributed by atoms with Gasteiger partial charge in [0.2, 0.25) is 11.8 Å². The fourth-order valence-electron chi connectivity index (χ4n) is 2.07. The van der Waals surface area contributed by atoms with Crippen molar-refractivity contribution >= 4 is 28.3 Å². The number of hydrogen-bond donors (Lipinski definition) is 2. The Kier molecular flexibility index (Phi) is 4.91. The SMILES string of the molecule is CCNC(=O)C1COCCN1C(=O)Cc1csc(N)n1. The van der Waals surface area contributed by atoms with Crippen LogP contribution in [0.5, 0.6) is 0 Å². The molecule has 1 unspecified atom stereocenters. The van der Waals surface area contributed by atoms with Crippen molar-refractivity contribution in [3.63, 3.8) is 0 Å². The van der Waals surface area contributed by atoms with Crippen molar-refractivity contribution in [3.05, 3.63) is 11.1 Å². The van der Waals surface area contributed by atoms with Crippen LogP contribution in [-0.2, 0) is 20.7 Å². The molecule has 0 radical (unpaired) electrons. The highest BCUT2D eigenvalue weighted by atomic mass is 32.1. The molecule has 110 valence electrons. The summed E-state index contributed by atoms with van der Waals surface area (Å²) in [6.45, 7) is 3.46. The molecular weight excluding hydrogens is 280 g/mol. The highest BCUT2D eigenvalue weighted by Gasteiger charge is 2.32. The van der Waals surface area contributed by atoms with Gasteiger partial charge in [0, 0.05) is 18.5 Å². The maximum Gasteiger partial charge on any atom is 0.245 e. The van der Waals surface area contributed by atoms with Crippen molar-refractivity contribution < 1.29 is 14.3 Å². The second kappa shape index (κ2) is 6.67. The number of thiazole rings is 1. The third kappa shape index (κ3) is 3.45. The molecule has 2 rings (SSSR count). The minimum Gasteiger partial charge on any atom is -0.377 e. The molecule has 0 aliphatic carbocycles. The number of likely N-dealkylation sites (N-methyl/N-ethyl adjacent to an activating group) is 1. The van der Waals surface area contributed by atoms with Crippen molar-refractivity contribution in [2.24, 2.45) is 0 Å². The van der Waals surface area contributed by atoms with E-state index in [9.17, 15) is 9.59 Å². The zero-order valence-electron chi connectivity index (χ0n) is 11.3. The molecule has 1 aliphatic rings. The Morgan fingerprint density at radius 3 is 3.10 bits per heavy atom. The number of nitrogens with one attached hydrogen (secondary N) is 1. The number of nitrogens with zero attached hydrogens (tertiary/aromatic N) is 2. The molecule has 1 aliphatic heterocycles. The summed E-state index contributed by atoms with van der Waals surface area (Å²) in [4.78, 5) is 29.9. The van der Waals surface area contributed by atoms with Crippen molar-refractivity contribution in [2.45, 2.75) is 19.4 Å². The first-order valence-corrected chi connectivity index (χ1v) is 7.34. The third-order valence-electron chi connectivity index (χ3n) is 3.00. The maximum atomic E-state index is 12.3. The van der Waals surface area contributed by atoms with Crippen molar-refractivity contribution in [2.75, 3.05) is 32.0 Å². The number of hydrogen-bond acceptors (Lipinski definition) is 6. The van der Waals surface area contributed by atoms with Crippen LogP contribution in [0.15, 0.2) is 5.38 Å². The van der Waals surface area contributed by atoms with E-state index in [0.717, 1.165) is 0 Å². The second-order valence-electron chi connectivity index (χ2n) is 4.43. The molecule has 2 amide bonds. The van der Waals surface area contributed by atoms with Gasteiger partial charge in [0.15, 0.2) is 5.13 Å². The molecule has 1 saturated heterocycles. The molecule has 0 saturated carbocycles. The smallest absolute Gasteiger partial charge is 0.245 e. The normalized spacial score (nSPS) is 18.9. The summed E-state index contributed by atoms with van der Waals surface area (Å²) in [5, 5.41) is 4.92. The maximum absolute atomic E-state index is 12.3. The lowest BCUT2D eigenvalue weighted by Gasteiger charge is -2.34. The van der Waals surface area contributed by atoms with E-state index < -0.39 is 6.04 Å². The third-order valence-corrected chi connectivity index (χ3v) is 3.73. The number of ether oxygens (including phenoxy) is 1. The van der Waals surface area contributed by atoms with Gasteiger partial charge in [0.1, 0.15) is 6.04 Å². The average molecular weight is 298 g/mol. The summed E-state index contributed by atoms with van der Waals surface area (Å²) in [7, 11) is 0. The first-order chi connectivity index (χ1) is 9.61. The van der Waals surface area contributed by atoms with E-state index in [0.29, 0.717) is 30.5 Å². The van der Waals surface area contributed by atoms with Gasteiger partial charge in [0.05, 0.1) is 25.3 Å². The van der Waals surface area contributed by atoms with Gasteiger partial charge in [-0.2, -0.15) is 0 Å². The van der Waals surface area contributed by atoms with Crippen LogP contribution in [-0.4, -0.2) is 54.0 Å². The van der Waals surface area contributed by atoms with Gasteiger partial charge in [-0.25, -0.2) is 4.98 Å². The quantitative estimate of drug-likeness (QED) is 0.790. The van der Waals surface area contributed by atoms with E-state index in [1.54, 1.807) is 10.3 Å². The van der Waals surface area contributed by atoms with Gasteiger partial charge in [-0.05, 0) is 6.92 Å². The van der Waals surface area contributed by atoms with Gasteiger partial charge < -0.3 is 20.7 Å². The van der Waals surface area contributed by atoms with Gasteiger partial charge >= 0.3 is 0 Å². The van der Waals surface area contributed by atoms with E-state index in [4.69, 9.17) is 10.5 Å². The molecule has 20 heavy (non-hydrogen) atoms. The topological polar surface area (TPSA) is 97.5 Å². The molecule has 0 spiro atoms. The number of anilines is 1. The van der Waals surface area contributed by atoms with Crippen LogP contribution in [0.25, 0.3) is 0 Å². The lowest BCUT2D eigenvalue weighted by atomic mass is 10.2. The molecule has 0 bridgehead atoms. The number of amides is 2. The Morgan fingerprint density at radius 1 is 1.65 bits per heavy atom. The lowest BCUT2D eigenvalue weighted by molar-refractivity contribution is -0.148. The van der Waals surface area contributed by atoms with E-state index in [1.807, 2.05) is 6.92 Å². The summed E-state index contributed by atoms with van der Waals surface area (Å²) >= 11 is 1.30. The average Bonchev–Trinajstić information content (AvgIpc) is 2.84. The summed E-state index contributed by atoms with van der Waals surface area (Å²) < 4.78 is 5.30. The second-order valence-corrected chi connectivity index (χ2v) is 5.32. The van der Waals surface area contributed by atoms with E-state index in [-0.39, 0.29) is 24.8 Å². The first-order valence-electron chi connectivity index (χ1n) is 6.46. The van der Waals surface area contributed by atoms with E-state index in [1.165, 1.54) is 11.3 Å². The Balaban J connectivity index is 2.03. The standard InChI is InChI=1S/C12H18N4O3S/c1-2-14-11(18)9-6-19-4-3-16(9)10(17)5-8-7-20-12(13)15-8/h7,9H,2-6H2,1H3,(H2,13,15)(H,14,18). The highest BCUT2D eigenvalue weighted by Crippen LogP contribution is 2.14. The molecule has 0 aromatic carbocycles. The number of nitrogen functional groups attached to an aromatic ring is 1. The number of aromatic nitrogens is 1. The van der Waals surface area contributed by atoms with Crippen molar-refractivity contribution in [3.8, 4) is 0 Å². The number of carbonyl (C=O) groups excluding carboxylic acids is 2. The predicted octanol–water partition coefficient (Wildman–Crippen LogP) is -0.369. The number of nitrogens with two attached hydrogens (primary N) is 1. The Morgan fingerprint density at radius 2 is 2.45 bits per heavy atom. The van der Waals surface area contributed by atoms with Crippen LogP contribution in [0, 0.1) is 0 Å². The van der Waals surface area contributed by atoms with Crippen LogP contribution in [0.3, 0.4) is 0 Å². The zero-order valence-corrected chi connectivity index (χ0v) is 12.1. The fourth-order valence-corrected chi connectivity index (χ4v) is 2.63. The Labute approximate surface area is 121 Å². The predicted molar refractivity (Wildman–Crippen MR) is 75.2 cm³/mol. The van der Waals surface area contributed by atoms with Crippen LogP contribution < -0.4 is 11.1 Å². The number of carbonyl (C=O) groups is 2. The Hall–Kier alpha value is -1.67. The van der Waals surface area contributed by atoms with E-state index >= 15 is 0 Å². The Bertz CT molecular complexity index is 491. The molecule has 1 atom stereocenters. The summed E-state index contributed by atoms with van der Waals surface area (Å²) in [6.07, 6.45) is 0.156. The van der Waals surface area contributed by atoms with Crippen molar-refractivity contribution in [1.29, 1.82) is 0 Å². The van der Waals surface area contributed by atoms with Crippen LogP contribution in [0.1, 0.15) is 12.6 Å². The number of rotatable bonds is 4.